The highest BCUT2D eigenvalue weighted by Gasteiger charge is 2.23. The average molecular weight is 343 g/mol. The van der Waals surface area contributed by atoms with Crippen molar-refractivity contribution in [2.24, 2.45) is 5.92 Å². The number of nitrogens with zero attached hydrogens (tertiary/aromatic N) is 2. The molecule has 0 amide bonds. The van der Waals surface area contributed by atoms with E-state index in [0.29, 0.717) is 18.9 Å². The maximum atomic E-state index is 11.6. The first-order chi connectivity index (χ1) is 12.0. The van der Waals surface area contributed by atoms with Crippen LogP contribution in [0.15, 0.2) is 42.9 Å². The van der Waals surface area contributed by atoms with Crippen LogP contribution in [0.2, 0.25) is 0 Å². The molecular formula is C19H25N3O3. The van der Waals surface area contributed by atoms with Crippen LogP contribution < -0.4 is 5.32 Å². The smallest absolute Gasteiger partial charge is 0.321 e. The van der Waals surface area contributed by atoms with Gasteiger partial charge in [0.15, 0.2) is 0 Å². The Labute approximate surface area is 147 Å². The zero-order valence-electron chi connectivity index (χ0n) is 14.6. The molecule has 0 radical (unpaired) electrons. The fraction of sp³-hybridized carbons (Fsp3) is 0.421. The monoisotopic (exact) mass is 343 g/mol. The number of rotatable bonds is 10. The normalized spacial score (nSPS) is 13.6. The number of carbonyl (C=O) groups excluding carboxylic acids is 1. The summed E-state index contributed by atoms with van der Waals surface area (Å²) in [4.78, 5) is 27.0. The molecule has 1 unspecified atom stereocenters. The molecule has 0 aliphatic rings. The predicted octanol–water partition coefficient (Wildman–Crippen LogP) is 2.13. The molecule has 2 N–H and O–H groups in total. The summed E-state index contributed by atoms with van der Waals surface area (Å²) in [5.74, 6) is -0.663. The van der Waals surface area contributed by atoms with Gasteiger partial charge in [-0.05, 0) is 17.9 Å². The Morgan fingerprint density at radius 2 is 2.04 bits per heavy atom. The molecule has 6 heteroatoms. The first-order valence-electron chi connectivity index (χ1n) is 8.46. The van der Waals surface area contributed by atoms with Gasteiger partial charge in [0.1, 0.15) is 12.3 Å². The highest BCUT2D eigenvalue weighted by atomic mass is 16.4. The van der Waals surface area contributed by atoms with Crippen LogP contribution >= 0.6 is 0 Å². The van der Waals surface area contributed by atoms with E-state index in [2.05, 4.69) is 10.3 Å². The van der Waals surface area contributed by atoms with E-state index in [4.69, 9.17) is 0 Å². The largest absolute Gasteiger partial charge is 0.480 e. The maximum absolute atomic E-state index is 11.6. The molecule has 1 aromatic carbocycles. The Kier molecular flexibility index (Phi) is 6.89. The van der Waals surface area contributed by atoms with Gasteiger partial charge >= 0.3 is 5.97 Å². The highest BCUT2D eigenvalue weighted by molar-refractivity contribution is 5.74. The van der Waals surface area contributed by atoms with Gasteiger partial charge < -0.3 is 14.5 Å². The lowest BCUT2D eigenvalue weighted by Crippen LogP contribution is -2.46. The average Bonchev–Trinajstić information content (AvgIpc) is 3.00. The van der Waals surface area contributed by atoms with Crippen LogP contribution in [0.25, 0.3) is 0 Å². The molecular weight excluding hydrogens is 318 g/mol. The fourth-order valence-electron chi connectivity index (χ4n) is 2.80. The molecule has 0 saturated carbocycles. The van der Waals surface area contributed by atoms with Gasteiger partial charge in [-0.3, -0.25) is 10.1 Å². The number of hydrogen-bond acceptors (Lipinski definition) is 4. The van der Waals surface area contributed by atoms with E-state index in [1.54, 1.807) is 12.5 Å². The van der Waals surface area contributed by atoms with Crippen LogP contribution in [0.4, 0.5) is 0 Å². The number of carboxylic acids is 1. The summed E-state index contributed by atoms with van der Waals surface area (Å²) in [6, 6.07) is 8.62. The fourth-order valence-corrected chi connectivity index (χ4v) is 2.80. The minimum absolute atomic E-state index is 0.268. The quantitative estimate of drug-likeness (QED) is 0.646. The van der Waals surface area contributed by atoms with Crippen molar-refractivity contribution >= 4 is 12.3 Å². The number of nitrogens with one attached hydrogen (secondary N) is 1. The zero-order chi connectivity index (χ0) is 18.2. The van der Waals surface area contributed by atoms with E-state index in [9.17, 15) is 14.7 Å². The van der Waals surface area contributed by atoms with Crippen molar-refractivity contribution in [3.8, 4) is 0 Å². The molecule has 0 saturated heterocycles. The Bertz CT molecular complexity index is 682. The van der Waals surface area contributed by atoms with Crippen molar-refractivity contribution in [2.45, 2.75) is 45.3 Å². The summed E-state index contributed by atoms with van der Waals surface area (Å²) in [5.41, 5.74) is 1.94. The molecule has 0 aliphatic heterocycles. The van der Waals surface area contributed by atoms with Crippen LogP contribution in [-0.4, -0.2) is 39.0 Å². The van der Waals surface area contributed by atoms with Gasteiger partial charge in [-0.15, -0.1) is 0 Å². The summed E-state index contributed by atoms with van der Waals surface area (Å²) in [7, 11) is 0. The standard InChI is InChI=1S/C19H25N3O3/c1-14(2)8-16(12-23)21-18(19(24)25)9-17-10-20-13-22(17)11-15-6-4-3-5-7-15/h3-7,10,12-14,16,18,21H,8-9,11H2,1-2H3,(H,24,25)/t16?,18-/m0/s1. The van der Waals surface area contributed by atoms with E-state index >= 15 is 0 Å². The molecule has 2 aromatic rings. The number of carbonyl (C=O) groups is 2. The van der Waals surface area contributed by atoms with Gasteiger partial charge in [-0.25, -0.2) is 4.98 Å². The number of aromatic nitrogens is 2. The van der Waals surface area contributed by atoms with E-state index < -0.39 is 18.1 Å². The van der Waals surface area contributed by atoms with Crippen LogP contribution in [0, 0.1) is 5.92 Å². The van der Waals surface area contributed by atoms with Crippen LogP contribution in [0.3, 0.4) is 0 Å². The van der Waals surface area contributed by atoms with Crippen molar-refractivity contribution in [3.05, 3.63) is 54.1 Å². The number of benzene rings is 1. The minimum atomic E-state index is -0.969. The zero-order valence-corrected chi connectivity index (χ0v) is 14.6. The molecule has 1 heterocycles. The van der Waals surface area contributed by atoms with Crippen molar-refractivity contribution < 1.29 is 14.7 Å². The summed E-state index contributed by atoms with van der Waals surface area (Å²) in [6.07, 6.45) is 5.05. The van der Waals surface area contributed by atoms with Crippen molar-refractivity contribution in [3.63, 3.8) is 0 Å². The molecule has 1 aromatic heterocycles. The summed E-state index contributed by atoms with van der Waals surface area (Å²) in [6.45, 7) is 4.64. The van der Waals surface area contributed by atoms with Crippen LogP contribution in [0.1, 0.15) is 31.5 Å². The van der Waals surface area contributed by atoms with Crippen molar-refractivity contribution in [1.82, 2.24) is 14.9 Å². The molecule has 0 aliphatic carbocycles. The van der Waals surface area contributed by atoms with Crippen LogP contribution in [-0.2, 0) is 22.6 Å². The predicted molar refractivity (Wildman–Crippen MR) is 95.3 cm³/mol. The number of hydrogen-bond donors (Lipinski definition) is 2. The molecule has 2 rings (SSSR count). The SMILES string of the molecule is CC(C)CC(C=O)N[C@@H](Cc1cncn1Cc1ccccc1)C(=O)O. The molecule has 0 spiro atoms. The second-order valence-electron chi connectivity index (χ2n) is 6.63. The summed E-state index contributed by atoms with van der Waals surface area (Å²) < 4.78 is 1.94. The third-order valence-electron chi connectivity index (χ3n) is 4.01. The Hall–Kier alpha value is -2.47. The molecule has 25 heavy (non-hydrogen) atoms. The third kappa shape index (κ3) is 5.83. The first-order valence-corrected chi connectivity index (χ1v) is 8.46. The van der Waals surface area contributed by atoms with Gasteiger partial charge in [-0.2, -0.15) is 0 Å². The molecule has 0 fully saturated rings. The van der Waals surface area contributed by atoms with Gasteiger partial charge in [0, 0.05) is 24.9 Å². The number of carboxylic acid groups (broad SMARTS) is 1. The lowest BCUT2D eigenvalue weighted by atomic mass is 10.0. The van der Waals surface area contributed by atoms with E-state index in [1.807, 2.05) is 48.7 Å². The van der Waals surface area contributed by atoms with E-state index in [1.165, 1.54) is 0 Å². The van der Waals surface area contributed by atoms with E-state index in [0.717, 1.165) is 17.5 Å². The second-order valence-corrected chi connectivity index (χ2v) is 6.63. The lowest BCUT2D eigenvalue weighted by molar-refractivity contribution is -0.139. The number of aliphatic carboxylic acids is 1. The Morgan fingerprint density at radius 3 is 2.64 bits per heavy atom. The lowest BCUT2D eigenvalue weighted by Gasteiger charge is -2.21. The number of imidazole rings is 1. The highest BCUT2D eigenvalue weighted by Crippen LogP contribution is 2.10. The third-order valence-corrected chi connectivity index (χ3v) is 4.01. The Balaban J connectivity index is 2.08. The summed E-state index contributed by atoms with van der Waals surface area (Å²) >= 11 is 0. The molecule has 134 valence electrons. The molecule has 0 bridgehead atoms. The topological polar surface area (TPSA) is 84.2 Å². The second kappa shape index (κ2) is 9.13. The first kappa shape index (κ1) is 18.9. The maximum Gasteiger partial charge on any atom is 0.321 e. The van der Waals surface area contributed by atoms with Crippen molar-refractivity contribution in [1.29, 1.82) is 0 Å². The van der Waals surface area contributed by atoms with Crippen LogP contribution in [0.5, 0.6) is 0 Å². The summed E-state index contributed by atoms with van der Waals surface area (Å²) in [5, 5.41) is 12.5. The van der Waals surface area contributed by atoms with Gasteiger partial charge in [0.05, 0.1) is 12.4 Å². The van der Waals surface area contributed by atoms with Gasteiger partial charge in [-0.1, -0.05) is 44.2 Å². The molecule has 6 nitrogen and oxygen atoms in total. The minimum Gasteiger partial charge on any atom is -0.480 e. The Morgan fingerprint density at radius 1 is 1.32 bits per heavy atom. The van der Waals surface area contributed by atoms with Gasteiger partial charge in [0.2, 0.25) is 0 Å². The molecule has 2 atom stereocenters. The van der Waals surface area contributed by atoms with E-state index in [-0.39, 0.29) is 6.42 Å². The van der Waals surface area contributed by atoms with Gasteiger partial charge in [0.25, 0.3) is 0 Å². The van der Waals surface area contributed by atoms with Crippen molar-refractivity contribution in [2.75, 3.05) is 0 Å². The number of aldehydes is 1.